The number of carboxylic acid groups (broad SMARTS) is 1. The quantitative estimate of drug-likeness (QED) is 0.362. The summed E-state index contributed by atoms with van der Waals surface area (Å²) in [6.45, 7) is 1.96. The first-order valence-electron chi connectivity index (χ1n) is 5.49. The predicted molar refractivity (Wildman–Crippen MR) is 72.4 cm³/mol. The van der Waals surface area contributed by atoms with Gasteiger partial charge in [-0.25, -0.2) is 9.59 Å². The van der Waals surface area contributed by atoms with E-state index in [0.29, 0.717) is 4.91 Å². The van der Waals surface area contributed by atoms with Gasteiger partial charge in [0.25, 0.3) is 0 Å². The minimum Gasteiger partial charge on any atom is -0.497 e. The molecule has 0 amide bonds. The smallest absolute Gasteiger partial charge is 0.339 e. The van der Waals surface area contributed by atoms with Crippen molar-refractivity contribution in [3.05, 3.63) is 46.6 Å². The van der Waals surface area contributed by atoms with Gasteiger partial charge in [-0.05, 0) is 19.1 Å². The van der Waals surface area contributed by atoms with E-state index < -0.39 is 11.9 Å². The summed E-state index contributed by atoms with van der Waals surface area (Å²) in [7, 11) is 0. The molecule has 0 atom stereocenters. The van der Waals surface area contributed by atoms with Crippen LogP contribution >= 0.6 is 12.6 Å². The van der Waals surface area contributed by atoms with E-state index in [1.165, 1.54) is 18.4 Å². The molecule has 0 unspecified atom stereocenters. The maximum absolute atomic E-state index is 11.7. The van der Waals surface area contributed by atoms with Crippen molar-refractivity contribution in [3.63, 3.8) is 0 Å². The number of carbonyl (C=O) groups excluding carboxylic acids is 1. The van der Waals surface area contributed by atoms with Gasteiger partial charge in [-0.15, -0.1) is 12.6 Å². The monoisotopic (exact) mass is 282 g/mol. The number of allylic oxidation sites excluding steroid dienone is 1. The highest BCUT2D eigenvalue weighted by Crippen LogP contribution is 2.10. The average Bonchev–Trinajstić information content (AvgIpc) is 2.37. The lowest BCUT2D eigenvalue weighted by Gasteiger charge is -2.07. The third-order valence-corrected chi connectivity index (χ3v) is 2.17. The van der Waals surface area contributed by atoms with Gasteiger partial charge in [0.2, 0.25) is 0 Å². The van der Waals surface area contributed by atoms with E-state index in [0.717, 1.165) is 0 Å². The third kappa shape index (κ3) is 5.05. The molecule has 0 aliphatic carbocycles. The molecule has 0 fully saturated rings. The molecule has 1 rings (SSSR count). The van der Waals surface area contributed by atoms with Crippen LogP contribution in [-0.4, -0.2) is 30.3 Å². The molecule has 0 heterocycles. The topological polar surface area (TPSA) is 72.8 Å². The van der Waals surface area contributed by atoms with Gasteiger partial charge in [0.05, 0.1) is 17.4 Å². The van der Waals surface area contributed by atoms with E-state index in [9.17, 15) is 9.59 Å². The van der Waals surface area contributed by atoms with Crippen LogP contribution in [0.3, 0.4) is 0 Å². The second-order valence-corrected chi connectivity index (χ2v) is 4.32. The second-order valence-electron chi connectivity index (χ2n) is 3.62. The first-order valence-corrected chi connectivity index (χ1v) is 5.94. The average molecular weight is 282 g/mol. The summed E-state index contributed by atoms with van der Waals surface area (Å²) < 4.78 is 9.95. The van der Waals surface area contributed by atoms with Crippen LogP contribution in [0.25, 0.3) is 0 Å². The minimum absolute atomic E-state index is 0.0240. The molecule has 0 aliphatic rings. The van der Waals surface area contributed by atoms with E-state index in [2.05, 4.69) is 12.6 Å². The Morgan fingerprint density at radius 2 is 1.89 bits per heavy atom. The standard InChI is InChI=1S/C13H14O5S/c1-9(19)8-17-6-7-18-13(16)11-5-3-2-4-10(11)12(14)15/h2-5,8,19H,6-7H2,1H3,(H,14,15). The van der Waals surface area contributed by atoms with E-state index in [4.69, 9.17) is 14.6 Å². The fourth-order valence-electron chi connectivity index (χ4n) is 1.29. The SMILES string of the molecule is CC(S)=COCCOC(=O)c1ccccc1C(=O)O. The molecule has 0 spiro atoms. The Balaban J connectivity index is 2.55. The molecule has 0 aliphatic heterocycles. The number of carbonyl (C=O) groups is 2. The first-order chi connectivity index (χ1) is 9.02. The van der Waals surface area contributed by atoms with Crippen molar-refractivity contribution in [1.82, 2.24) is 0 Å². The van der Waals surface area contributed by atoms with Gasteiger partial charge in [-0.2, -0.15) is 0 Å². The van der Waals surface area contributed by atoms with E-state index in [-0.39, 0.29) is 24.3 Å². The fourth-order valence-corrected chi connectivity index (χ4v) is 1.36. The highest BCUT2D eigenvalue weighted by molar-refractivity contribution is 7.84. The molecule has 0 aromatic heterocycles. The van der Waals surface area contributed by atoms with Crippen LogP contribution in [-0.2, 0) is 9.47 Å². The Morgan fingerprint density at radius 3 is 2.47 bits per heavy atom. The van der Waals surface area contributed by atoms with Crippen molar-refractivity contribution in [1.29, 1.82) is 0 Å². The summed E-state index contributed by atoms with van der Waals surface area (Å²) in [6.07, 6.45) is 1.43. The van der Waals surface area contributed by atoms with Gasteiger partial charge in [-0.3, -0.25) is 0 Å². The van der Waals surface area contributed by atoms with E-state index >= 15 is 0 Å². The summed E-state index contributed by atoms with van der Waals surface area (Å²) in [6, 6.07) is 5.88. The Kier molecular flexibility index (Phi) is 5.95. The van der Waals surface area contributed by atoms with Crippen molar-refractivity contribution in [2.45, 2.75) is 6.92 Å². The summed E-state index contributed by atoms with van der Waals surface area (Å²) in [5, 5.41) is 8.94. The van der Waals surface area contributed by atoms with Crippen molar-refractivity contribution in [2.75, 3.05) is 13.2 Å². The molecule has 1 N–H and O–H groups in total. The normalized spacial score (nSPS) is 10.9. The maximum Gasteiger partial charge on any atom is 0.339 e. The van der Waals surface area contributed by atoms with E-state index in [1.807, 2.05) is 0 Å². The van der Waals surface area contributed by atoms with Crippen LogP contribution in [0, 0.1) is 0 Å². The molecule has 19 heavy (non-hydrogen) atoms. The zero-order chi connectivity index (χ0) is 14.3. The number of rotatable bonds is 6. The van der Waals surface area contributed by atoms with Gasteiger partial charge in [-0.1, -0.05) is 12.1 Å². The highest BCUT2D eigenvalue weighted by Gasteiger charge is 2.16. The zero-order valence-corrected chi connectivity index (χ0v) is 11.2. The largest absolute Gasteiger partial charge is 0.497 e. The molecular weight excluding hydrogens is 268 g/mol. The van der Waals surface area contributed by atoms with Crippen LogP contribution < -0.4 is 0 Å². The lowest BCUT2D eigenvalue weighted by atomic mass is 10.1. The summed E-state index contributed by atoms with van der Waals surface area (Å²) in [5.41, 5.74) is -0.0598. The number of carboxylic acids is 1. The molecule has 5 nitrogen and oxygen atoms in total. The van der Waals surface area contributed by atoms with Gasteiger partial charge >= 0.3 is 11.9 Å². The van der Waals surface area contributed by atoms with Crippen LogP contribution in [0.2, 0.25) is 0 Å². The molecule has 1 aromatic rings. The number of esters is 1. The number of aromatic carboxylic acids is 1. The molecule has 0 saturated heterocycles. The zero-order valence-electron chi connectivity index (χ0n) is 10.3. The number of hydrogen-bond donors (Lipinski definition) is 2. The van der Waals surface area contributed by atoms with Crippen molar-refractivity contribution in [2.24, 2.45) is 0 Å². The van der Waals surface area contributed by atoms with Crippen LogP contribution in [0.5, 0.6) is 0 Å². The Bertz CT molecular complexity index is 492. The molecular formula is C13H14O5S. The Morgan fingerprint density at radius 1 is 1.26 bits per heavy atom. The lowest BCUT2D eigenvalue weighted by Crippen LogP contribution is -2.14. The van der Waals surface area contributed by atoms with Gasteiger partial charge < -0.3 is 14.6 Å². The maximum atomic E-state index is 11.7. The molecule has 1 aromatic carbocycles. The molecule has 6 heteroatoms. The number of thiol groups is 1. The highest BCUT2D eigenvalue weighted by atomic mass is 32.1. The summed E-state index contributed by atoms with van der Waals surface area (Å²) in [4.78, 5) is 23.3. The summed E-state index contributed by atoms with van der Waals surface area (Å²) in [5.74, 6) is -1.86. The number of hydrogen-bond acceptors (Lipinski definition) is 5. The van der Waals surface area contributed by atoms with Gasteiger partial charge in [0.15, 0.2) is 0 Å². The van der Waals surface area contributed by atoms with Gasteiger partial charge in [0, 0.05) is 4.91 Å². The van der Waals surface area contributed by atoms with Crippen molar-refractivity contribution < 1.29 is 24.2 Å². The molecule has 102 valence electrons. The number of ether oxygens (including phenoxy) is 2. The van der Waals surface area contributed by atoms with Crippen LogP contribution in [0.1, 0.15) is 27.6 Å². The van der Waals surface area contributed by atoms with E-state index in [1.54, 1.807) is 19.1 Å². The summed E-state index contributed by atoms with van der Waals surface area (Å²) >= 11 is 4.00. The van der Waals surface area contributed by atoms with Crippen molar-refractivity contribution >= 4 is 24.6 Å². The number of benzene rings is 1. The van der Waals surface area contributed by atoms with Crippen molar-refractivity contribution in [3.8, 4) is 0 Å². The first kappa shape index (κ1) is 15.1. The van der Waals surface area contributed by atoms with Crippen LogP contribution in [0.15, 0.2) is 35.4 Å². The third-order valence-electron chi connectivity index (χ3n) is 2.07. The predicted octanol–water partition coefficient (Wildman–Crippen LogP) is 2.35. The second kappa shape index (κ2) is 7.48. The Labute approximate surface area is 116 Å². The molecule has 0 saturated carbocycles. The fraction of sp³-hybridized carbons (Fsp3) is 0.231. The molecule has 0 radical (unpaired) electrons. The lowest BCUT2D eigenvalue weighted by molar-refractivity contribution is 0.0413. The molecule has 0 bridgehead atoms. The minimum atomic E-state index is -1.17. The Hall–Kier alpha value is -1.95. The van der Waals surface area contributed by atoms with Gasteiger partial charge in [0.1, 0.15) is 13.2 Å². The van der Waals surface area contributed by atoms with Crippen LogP contribution in [0.4, 0.5) is 0 Å².